The number of nitrogens with one attached hydrogen (secondary N) is 2. The lowest BCUT2D eigenvalue weighted by Gasteiger charge is -2.26. The van der Waals surface area contributed by atoms with Gasteiger partial charge in [-0.2, -0.15) is 0 Å². The summed E-state index contributed by atoms with van der Waals surface area (Å²) in [5.74, 6) is 1.94. The van der Waals surface area contributed by atoms with Crippen LogP contribution in [-0.4, -0.2) is 51.0 Å². The number of hydrogen-bond donors (Lipinski definition) is 3. The van der Waals surface area contributed by atoms with Gasteiger partial charge >= 0.3 is 5.69 Å². The minimum absolute atomic E-state index is 0.177. The maximum atomic E-state index is 14.3. The molecule has 2 aromatic carbocycles. The van der Waals surface area contributed by atoms with Gasteiger partial charge in [-0.05, 0) is 74.0 Å². The summed E-state index contributed by atoms with van der Waals surface area (Å²) in [4.78, 5) is 31.0. The van der Waals surface area contributed by atoms with Crippen LogP contribution in [0.25, 0.3) is 11.0 Å². The predicted molar refractivity (Wildman–Crippen MR) is 155 cm³/mol. The van der Waals surface area contributed by atoms with Crippen molar-refractivity contribution in [1.82, 2.24) is 24.8 Å². The number of ether oxygens (including phenoxy) is 1. The Labute approximate surface area is 237 Å². The zero-order valence-electron chi connectivity index (χ0n) is 23.1. The van der Waals surface area contributed by atoms with Crippen LogP contribution >= 0.6 is 0 Å². The first-order chi connectivity index (χ1) is 19.9. The molecule has 0 bridgehead atoms. The summed E-state index contributed by atoms with van der Waals surface area (Å²) in [7, 11) is 0. The van der Waals surface area contributed by atoms with Gasteiger partial charge in [-0.3, -0.25) is 4.90 Å². The number of aromatic nitrogens is 4. The normalized spacial score (nSPS) is 22.3. The number of rotatable bonds is 7. The molecule has 0 radical (unpaired) electrons. The fraction of sp³-hybridized carbons (Fsp3) is 0.452. The maximum Gasteiger partial charge on any atom is 0.323 e. The summed E-state index contributed by atoms with van der Waals surface area (Å²) < 4.78 is 20.7. The summed E-state index contributed by atoms with van der Waals surface area (Å²) in [6.45, 7) is 4.65. The van der Waals surface area contributed by atoms with Crippen molar-refractivity contribution in [3.8, 4) is 11.5 Å². The smallest absolute Gasteiger partial charge is 0.323 e. The van der Waals surface area contributed by atoms with Crippen molar-refractivity contribution < 1.29 is 9.13 Å². The van der Waals surface area contributed by atoms with Crippen molar-refractivity contribution in [1.29, 1.82) is 0 Å². The third kappa shape index (κ3) is 5.22. The molecule has 1 unspecified atom stereocenters. The molecule has 4 N–H and O–H groups in total. The molecular formula is C31H36FN7O2. The third-order valence-corrected chi connectivity index (χ3v) is 9.36. The lowest BCUT2D eigenvalue weighted by atomic mass is 9.86. The molecule has 1 spiro atoms. The number of nitrogens with two attached hydrogens (primary N) is 1. The van der Waals surface area contributed by atoms with E-state index in [1.165, 1.54) is 17.7 Å². The van der Waals surface area contributed by atoms with E-state index >= 15 is 0 Å². The molecule has 10 heteroatoms. The topological polar surface area (TPSA) is 116 Å². The molecule has 3 fully saturated rings. The van der Waals surface area contributed by atoms with Crippen molar-refractivity contribution in [3.05, 3.63) is 76.4 Å². The third-order valence-electron chi connectivity index (χ3n) is 9.36. The minimum atomic E-state index is -0.307. The van der Waals surface area contributed by atoms with Gasteiger partial charge in [0.05, 0.1) is 17.2 Å². The van der Waals surface area contributed by atoms with E-state index in [0.717, 1.165) is 88.1 Å². The average molecular weight is 558 g/mol. The molecule has 4 heterocycles. The zero-order chi connectivity index (χ0) is 28.0. The van der Waals surface area contributed by atoms with E-state index in [9.17, 15) is 9.18 Å². The molecule has 2 atom stereocenters. The summed E-state index contributed by atoms with van der Waals surface area (Å²) >= 11 is 0. The lowest BCUT2D eigenvalue weighted by Crippen LogP contribution is -2.31. The number of aromatic amines is 2. The maximum absolute atomic E-state index is 14.3. The van der Waals surface area contributed by atoms with Gasteiger partial charge in [-0.25, -0.2) is 19.2 Å². The Morgan fingerprint density at radius 2 is 1.88 bits per heavy atom. The van der Waals surface area contributed by atoms with E-state index in [2.05, 4.69) is 41.9 Å². The van der Waals surface area contributed by atoms with Crippen molar-refractivity contribution >= 4 is 16.9 Å². The Balaban J connectivity index is 1.06. The number of anilines is 1. The predicted octanol–water partition coefficient (Wildman–Crippen LogP) is 4.87. The lowest BCUT2D eigenvalue weighted by molar-refractivity contribution is 0.270. The molecule has 1 saturated carbocycles. The summed E-state index contributed by atoms with van der Waals surface area (Å²) in [5, 5.41) is 0. The van der Waals surface area contributed by atoms with Crippen LogP contribution < -0.4 is 21.1 Å². The molecule has 0 amide bonds. The van der Waals surface area contributed by atoms with Gasteiger partial charge in [0, 0.05) is 43.2 Å². The molecule has 2 aromatic heterocycles. The van der Waals surface area contributed by atoms with Gasteiger partial charge in [-0.15, -0.1) is 0 Å². The second kappa shape index (κ2) is 10.6. The Kier molecular flexibility index (Phi) is 6.75. The van der Waals surface area contributed by atoms with Crippen LogP contribution in [0, 0.1) is 17.2 Å². The summed E-state index contributed by atoms with van der Waals surface area (Å²) in [6, 6.07) is 10.5. The first-order valence-corrected chi connectivity index (χ1v) is 14.7. The Hall–Kier alpha value is -3.76. The van der Waals surface area contributed by atoms with E-state index < -0.39 is 0 Å². The standard InChI is InChI=1S/C31H36FN7O2/c32-22-6-8-26(23(14-22)28(33)21-3-1-2-4-21)41-27-15-34-19-35-29(27)39-12-10-31(18-39)9-11-38(17-31)16-20-5-7-24-25(13-20)37-30(40)36-24/h5-8,13-15,19,21,28H,1-4,9-12,16-18,33H2,(H2,36,37,40)/t28-,31?/m1/s1. The number of H-pyrrole nitrogens is 2. The van der Waals surface area contributed by atoms with E-state index in [0.29, 0.717) is 23.0 Å². The zero-order valence-corrected chi connectivity index (χ0v) is 23.1. The molecule has 41 heavy (non-hydrogen) atoms. The fourth-order valence-corrected chi connectivity index (χ4v) is 7.23. The Morgan fingerprint density at radius 3 is 2.76 bits per heavy atom. The van der Waals surface area contributed by atoms with Gasteiger partial charge < -0.3 is 25.3 Å². The summed E-state index contributed by atoms with van der Waals surface area (Å²) in [6.07, 6.45) is 9.90. The van der Waals surface area contributed by atoms with Crippen LogP contribution in [0.1, 0.15) is 55.7 Å². The van der Waals surface area contributed by atoms with Crippen molar-refractivity contribution in [3.63, 3.8) is 0 Å². The highest BCUT2D eigenvalue weighted by Gasteiger charge is 2.44. The number of hydrogen-bond acceptors (Lipinski definition) is 7. The quantitative estimate of drug-likeness (QED) is 0.297. The van der Waals surface area contributed by atoms with Crippen LogP contribution in [0.3, 0.4) is 0 Å². The van der Waals surface area contributed by atoms with Gasteiger partial charge in [0.25, 0.3) is 0 Å². The van der Waals surface area contributed by atoms with E-state index in [-0.39, 0.29) is 23.0 Å². The van der Waals surface area contributed by atoms with E-state index in [1.54, 1.807) is 18.6 Å². The van der Waals surface area contributed by atoms with Crippen LogP contribution in [0.15, 0.2) is 53.7 Å². The average Bonchev–Trinajstić information content (AvgIpc) is 3.78. The molecule has 3 aliphatic rings. The molecule has 2 saturated heterocycles. The van der Waals surface area contributed by atoms with E-state index in [4.69, 9.17) is 10.5 Å². The van der Waals surface area contributed by atoms with Gasteiger partial charge in [0.1, 0.15) is 17.9 Å². The van der Waals surface area contributed by atoms with Crippen LogP contribution in [0.5, 0.6) is 11.5 Å². The van der Waals surface area contributed by atoms with Crippen LogP contribution in [0.2, 0.25) is 0 Å². The van der Waals surface area contributed by atoms with Crippen molar-refractivity contribution in [2.45, 2.75) is 51.1 Å². The first-order valence-electron chi connectivity index (χ1n) is 14.7. The summed E-state index contributed by atoms with van der Waals surface area (Å²) in [5.41, 5.74) is 10.2. The van der Waals surface area contributed by atoms with Crippen molar-refractivity contribution in [2.24, 2.45) is 17.1 Å². The molecule has 2 aliphatic heterocycles. The van der Waals surface area contributed by atoms with E-state index in [1.807, 2.05) is 6.07 Å². The second-order valence-electron chi connectivity index (χ2n) is 12.2. The highest BCUT2D eigenvalue weighted by molar-refractivity contribution is 5.75. The number of nitrogens with zero attached hydrogens (tertiary/aromatic N) is 4. The first kappa shape index (κ1) is 26.2. The van der Waals surface area contributed by atoms with Gasteiger partial charge in [0.2, 0.25) is 0 Å². The molecule has 7 rings (SSSR count). The highest BCUT2D eigenvalue weighted by atomic mass is 19.1. The molecular weight excluding hydrogens is 521 g/mol. The highest BCUT2D eigenvalue weighted by Crippen LogP contribution is 2.44. The number of benzene rings is 2. The fourth-order valence-electron chi connectivity index (χ4n) is 7.23. The molecule has 214 valence electrons. The largest absolute Gasteiger partial charge is 0.451 e. The number of imidazole rings is 1. The molecule has 1 aliphatic carbocycles. The molecule has 4 aromatic rings. The Morgan fingerprint density at radius 1 is 1.05 bits per heavy atom. The number of likely N-dealkylation sites (tertiary alicyclic amines) is 1. The number of halogens is 1. The second-order valence-corrected chi connectivity index (χ2v) is 12.2. The van der Waals surface area contributed by atoms with Crippen LogP contribution in [0.4, 0.5) is 10.2 Å². The molecule has 9 nitrogen and oxygen atoms in total. The number of fused-ring (bicyclic) bond motifs is 1. The van der Waals surface area contributed by atoms with Crippen LogP contribution in [-0.2, 0) is 6.54 Å². The minimum Gasteiger partial charge on any atom is -0.451 e. The Bertz CT molecular complexity index is 1610. The monoisotopic (exact) mass is 557 g/mol. The van der Waals surface area contributed by atoms with Gasteiger partial charge in [-0.1, -0.05) is 18.9 Å². The van der Waals surface area contributed by atoms with Crippen molar-refractivity contribution in [2.75, 3.05) is 31.1 Å². The van der Waals surface area contributed by atoms with Gasteiger partial charge in [0.15, 0.2) is 11.6 Å². The SMILES string of the molecule is N[C@@H](c1cc(F)ccc1Oc1cncnc1N1CCC2(CCN(Cc3ccc4[nH]c(=O)[nH]c4c3)C2)C1)C1CCCC1.